The van der Waals surface area contributed by atoms with E-state index >= 15 is 0 Å². The number of aromatic nitrogens is 2. The molecular weight excluding hydrogens is 352 g/mol. The molecular formula is C21H26N6O. The van der Waals surface area contributed by atoms with Crippen LogP contribution in [0.25, 0.3) is 22.2 Å². The average molecular weight is 378 g/mol. The van der Waals surface area contributed by atoms with Crippen LogP contribution in [0.1, 0.15) is 24.6 Å². The van der Waals surface area contributed by atoms with Crippen LogP contribution in [0.4, 0.5) is 5.82 Å². The van der Waals surface area contributed by atoms with E-state index in [1.165, 1.54) is 17.4 Å². The zero-order valence-electron chi connectivity index (χ0n) is 16.1. The minimum Gasteiger partial charge on any atom is -0.397 e. The lowest BCUT2D eigenvalue weighted by atomic mass is 9.96. The summed E-state index contributed by atoms with van der Waals surface area (Å²) in [6, 6.07) is 4.46. The highest BCUT2D eigenvalue weighted by Crippen LogP contribution is 2.33. The summed E-state index contributed by atoms with van der Waals surface area (Å²) in [6.07, 6.45) is 7.73. The van der Waals surface area contributed by atoms with Crippen LogP contribution in [0.15, 0.2) is 30.5 Å². The second-order valence-corrected chi connectivity index (χ2v) is 7.17. The Balaban J connectivity index is 1.95. The van der Waals surface area contributed by atoms with Crippen LogP contribution in [-0.4, -0.2) is 55.1 Å². The fourth-order valence-electron chi connectivity index (χ4n) is 3.87. The van der Waals surface area contributed by atoms with Gasteiger partial charge in [0.05, 0.1) is 25.0 Å². The van der Waals surface area contributed by atoms with Crippen molar-refractivity contribution in [2.45, 2.75) is 19.4 Å². The Morgan fingerprint density at radius 1 is 1.46 bits per heavy atom. The summed E-state index contributed by atoms with van der Waals surface area (Å²) in [6.45, 7) is 6.19. The van der Waals surface area contributed by atoms with Gasteiger partial charge in [-0.3, -0.25) is 4.98 Å². The summed E-state index contributed by atoms with van der Waals surface area (Å²) in [4.78, 5) is 11.8. The van der Waals surface area contributed by atoms with E-state index < -0.39 is 0 Å². The molecule has 1 saturated heterocycles. The minimum atomic E-state index is 0.253. The van der Waals surface area contributed by atoms with E-state index in [-0.39, 0.29) is 6.04 Å². The van der Waals surface area contributed by atoms with Crippen molar-refractivity contribution in [3.8, 4) is 0 Å². The molecule has 1 fully saturated rings. The number of pyridine rings is 2. The predicted octanol–water partition coefficient (Wildman–Crippen LogP) is 2.18. The molecule has 0 spiro atoms. The standard InChI is InChI=1S/C21H26N6O/c1-14-13-28-11-10-27(14)19-12-17(15-3-7-24-8-4-15)16-5-9-25-21(20(16)26-19)18(23)2-6-22/h2-3,5-6,9,12,14,22,24H,4,7-8,10-11,13,23H2,1H3/b18-2-,22-6?. The van der Waals surface area contributed by atoms with Crippen LogP contribution in [0.3, 0.4) is 0 Å². The number of fused-ring (bicyclic) bond motifs is 1. The van der Waals surface area contributed by atoms with Crippen molar-refractivity contribution in [3.05, 3.63) is 41.7 Å². The number of nitrogens with one attached hydrogen (secondary N) is 2. The Morgan fingerprint density at radius 3 is 3.11 bits per heavy atom. The summed E-state index contributed by atoms with van der Waals surface area (Å²) < 4.78 is 5.61. The maximum Gasteiger partial charge on any atom is 0.130 e. The van der Waals surface area contributed by atoms with Gasteiger partial charge in [-0.15, -0.1) is 0 Å². The summed E-state index contributed by atoms with van der Waals surface area (Å²) in [5.74, 6) is 0.926. The molecule has 0 radical (unpaired) electrons. The van der Waals surface area contributed by atoms with E-state index in [4.69, 9.17) is 20.9 Å². The highest BCUT2D eigenvalue weighted by molar-refractivity contribution is 5.99. The SMILES string of the molecule is CC1COCCN1c1cc(C2=CCNCC2)c2ccnc(/C(N)=C/C=N)c2n1. The Labute approximate surface area is 164 Å². The van der Waals surface area contributed by atoms with E-state index in [1.54, 1.807) is 12.3 Å². The Morgan fingerprint density at radius 2 is 2.36 bits per heavy atom. The second-order valence-electron chi connectivity index (χ2n) is 7.17. The predicted molar refractivity (Wildman–Crippen MR) is 114 cm³/mol. The lowest BCUT2D eigenvalue weighted by Crippen LogP contribution is -2.44. The van der Waals surface area contributed by atoms with Gasteiger partial charge in [-0.05, 0) is 49.2 Å². The fourth-order valence-corrected chi connectivity index (χ4v) is 3.87. The van der Waals surface area contributed by atoms with Crippen LogP contribution in [0.2, 0.25) is 0 Å². The van der Waals surface area contributed by atoms with Gasteiger partial charge in [-0.25, -0.2) is 4.98 Å². The number of hydrogen-bond acceptors (Lipinski definition) is 7. The molecule has 1 atom stereocenters. The molecule has 2 aromatic rings. The third-order valence-corrected chi connectivity index (χ3v) is 5.32. The first-order chi connectivity index (χ1) is 13.7. The summed E-state index contributed by atoms with van der Waals surface area (Å²) in [7, 11) is 0. The first kappa shape index (κ1) is 18.6. The van der Waals surface area contributed by atoms with E-state index in [1.807, 2.05) is 6.07 Å². The van der Waals surface area contributed by atoms with E-state index in [0.29, 0.717) is 24.6 Å². The highest BCUT2D eigenvalue weighted by atomic mass is 16.5. The number of nitrogens with zero attached hydrogens (tertiary/aromatic N) is 3. The number of allylic oxidation sites excluding steroid dienone is 1. The fraction of sp³-hybridized carbons (Fsp3) is 0.381. The Kier molecular flexibility index (Phi) is 5.36. The summed E-state index contributed by atoms with van der Waals surface area (Å²) in [5, 5.41) is 11.8. The summed E-state index contributed by atoms with van der Waals surface area (Å²) >= 11 is 0. The van der Waals surface area contributed by atoms with Gasteiger partial charge < -0.3 is 26.1 Å². The quantitative estimate of drug-likeness (QED) is 0.705. The molecule has 7 nitrogen and oxygen atoms in total. The van der Waals surface area contributed by atoms with Crippen LogP contribution in [-0.2, 0) is 4.74 Å². The molecule has 28 heavy (non-hydrogen) atoms. The maximum absolute atomic E-state index is 7.35. The molecule has 4 rings (SSSR count). The third kappa shape index (κ3) is 3.50. The van der Waals surface area contributed by atoms with Gasteiger partial charge >= 0.3 is 0 Å². The van der Waals surface area contributed by atoms with Gasteiger partial charge in [0, 0.05) is 30.9 Å². The van der Waals surface area contributed by atoms with E-state index in [0.717, 1.165) is 42.8 Å². The number of morpholine rings is 1. The molecule has 0 aliphatic carbocycles. The molecule has 0 bridgehead atoms. The van der Waals surface area contributed by atoms with Crippen LogP contribution in [0, 0.1) is 5.41 Å². The number of nitrogens with two attached hydrogens (primary N) is 1. The average Bonchev–Trinajstić information content (AvgIpc) is 2.73. The van der Waals surface area contributed by atoms with Crippen LogP contribution < -0.4 is 16.0 Å². The maximum atomic E-state index is 7.35. The van der Waals surface area contributed by atoms with Gasteiger partial charge in [0.2, 0.25) is 0 Å². The van der Waals surface area contributed by atoms with Crippen molar-refractivity contribution in [3.63, 3.8) is 0 Å². The van der Waals surface area contributed by atoms with Gasteiger partial charge in [-0.2, -0.15) is 0 Å². The Bertz CT molecular complexity index is 951. The molecule has 0 amide bonds. The zero-order chi connectivity index (χ0) is 19.5. The molecule has 146 valence electrons. The van der Waals surface area contributed by atoms with Gasteiger partial charge in [0.15, 0.2) is 0 Å². The monoisotopic (exact) mass is 378 g/mol. The molecule has 0 aromatic carbocycles. The van der Waals surface area contributed by atoms with Crippen LogP contribution >= 0.6 is 0 Å². The van der Waals surface area contributed by atoms with Gasteiger partial charge in [0.1, 0.15) is 17.0 Å². The zero-order valence-corrected chi connectivity index (χ0v) is 16.1. The van der Waals surface area contributed by atoms with Crippen molar-refractivity contribution < 1.29 is 4.74 Å². The molecule has 7 heteroatoms. The van der Waals surface area contributed by atoms with Gasteiger partial charge in [0.25, 0.3) is 0 Å². The molecule has 0 saturated carbocycles. The first-order valence-corrected chi connectivity index (χ1v) is 9.70. The number of rotatable bonds is 4. The summed E-state index contributed by atoms with van der Waals surface area (Å²) in [5.41, 5.74) is 10.6. The Hall–Kier alpha value is -2.77. The first-order valence-electron chi connectivity index (χ1n) is 9.70. The van der Waals surface area contributed by atoms with Crippen molar-refractivity contribution >= 4 is 34.2 Å². The van der Waals surface area contributed by atoms with Crippen molar-refractivity contribution in [1.29, 1.82) is 5.41 Å². The van der Waals surface area contributed by atoms with E-state index in [9.17, 15) is 0 Å². The van der Waals surface area contributed by atoms with E-state index in [2.05, 4.69) is 34.3 Å². The van der Waals surface area contributed by atoms with Gasteiger partial charge in [-0.1, -0.05) is 6.08 Å². The van der Waals surface area contributed by atoms with Crippen molar-refractivity contribution in [2.75, 3.05) is 37.7 Å². The molecule has 2 aliphatic heterocycles. The third-order valence-electron chi connectivity index (χ3n) is 5.32. The molecule has 2 aliphatic rings. The number of hydrogen-bond donors (Lipinski definition) is 3. The minimum absolute atomic E-state index is 0.253. The molecule has 2 aromatic heterocycles. The molecule has 4 heterocycles. The molecule has 4 N–H and O–H groups in total. The smallest absolute Gasteiger partial charge is 0.130 e. The lowest BCUT2D eigenvalue weighted by molar-refractivity contribution is 0.0985. The second kappa shape index (κ2) is 8.08. The topological polar surface area (TPSA) is 100 Å². The largest absolute Gasteiger partial charge is 0.397 e. The lowest BCUT2D eigenvalue weighted by Gasteiger charge is -2.35. The normalized spacial score (nSPS) is 20.9. The number of ether oxygens (including phenoxy) is 1. The van der Waals surface area contributed by atoms with Crippen LogP contribution in [0.5, 0.6) is 0 Å². The molecule has 1 unspecified atom stereocenters. The highest BCUT2D eigenvalue weighted by Gasteiger charge is 2.23. The van der Waals surface area contributed by atoms with Crippen molar-refractivity contribution in [2.24, 2.45) is 5.73 Å². The number of anilines is 1. The van der Waals surface area contributed by atoms with Crippen molar-refractivity contribution in [1.82, 2.24) is 15.3 Å².